The fourth-order valence-electron chi connectivity index (χ4n) is 5.25. The first-order valence-electron chi connectivity index (χ1n) is 13.0. The Hall–Kier alpha value is -2.24. The molecule has 0 spiro atoms. The fourth-order valence-corrected chi connectivity index (χ4v) is 8.14. The van der Waals surface area contributed by atoms with E-state index in [-0.39, 0.29) is 36.0 Å². The second kappa shape index (κ2) is 11.2. The summed E-state index contributed by atoms with van der Waals surface area (Å²) in [5.74, 6) is -0.00559. The number of nitrogen functional groups attached to an aromatic ring is 1. The summed E-state index contributed by atoms with van der Waals surface area (Å²) in [4.78, 5) is 44.9. The first kappa shape index (κ1) is 30.4. The number of hydrogen-bond acceptors (Lipinski definition) is 17. The molecule has 10 atom stereocenters. The summed E-state index contributed by atoms with van der Waals surface area (Å²) in [6.07, 6.45) is -7.29. The molecule has 238 valence electrons. The number of aromatic amines is 1. The van der Waals surface area contributed by atoms with Crippen LogP contribution in [0.2, 0.25) is 0 Å². The molecular weight excluding hydrogens is 671 g/mol. The maximum Gasteiger partial charge on any atom is 0.325 e. The van der Waals surface area contributed by atoms with Gasteiger partial charge in [0, 0.05) is 19.1 Å². The minimum atomic E-state index is -4.14. The molecule has 3 aromatic rings. The number of aromatic nitrogens is 8. The molecule has 7 heterocycles. The summed E-state index contributed by atoms with van der Waals surface area (Å²) in [6.45, 7) is -9.13. The lowest BCUT2D eigenvalue weighted by atomic mass is 10.1. The van der Waals surface area contributed by atoms with Crippen LogP contribution in [0.3, 0.4) is 0 Å². The Bertz CT molecular complexity index is 1790. The number of H-pyrrole nitrogens is 1. The van der Waals surface area contributed by atoms with E-state index < -0.39 is 74.7 Å². The van der Waals surface area contributed by atoms with Gasteiger partial charge < -0.3 is 44.3 Å². The average molecular weight is 696 g/mol. The maximum absolute atomic E-state index is 16.0. The monoisotopic (exact) mass is 695 g/mol. The van der Waals surface area contributed by atoms with Gasteiger partial charge in [-0.25, -0.2) is 9.38 Å². The van der Waals surface area contributed by atoms with Crippen molar-refractivity contribution in [1.82, 2.24) is 40.0 Å². The smallest absolute Gasteiger partial charge is 0.325 e. The molecule has 0 saturated carbocycles. The Morgan fingerprint density at radius 1 is 1.05 bits per heavy atom. The molecule has 3 unspecified atom stereocenters. The molecule has 0 aromatic carbocycles. The van der Waals surface area contributed by atoms with E-state index >= 15 is 4.39 Å². The number of nitrogens with two attached hydrogens (primary N) is 2. The van der Waals surface area contributed by atoms with Crippen molar-refractivity contribution in [2.45, 2.75) is 61.9 Å². The van der Waals surface area contributed by atoms with E-state index in [1.165, 1.54) is 0 Å². The molecule has 7 N–H and O–H groups in total. The Balaban J connectivity index is 1.18. The highest BCUT2D eigenvalue weighted by atomic mass is 32.5. The lowest BCUT2D eigenvalue weighted by Gasteiger charge is -2.27. The zero-order chi connectivity index (χ0) is 31.0. The van der Waals surface area contributed by atoms with Crippen LogP contribution in [0.5, 0.6) is 0 Å². The lowest BCUT2D eigenvalue weighted by Crippen LogP contribution is -2.34. The molecule has 3 fully saturated rings. The molecule has 7 rings (SSSR count). The van der Waals surface area contributed by atoms with Gasteiger partial charge in [0.2, 0.25) is 5.95 Å². The molecule has 4 aliphatic rings. The average Bonchev–Trinajstić information content (AvgIpc) is 3.72. The Morgan fingerprint density at radius 2 is 1.80 bits per heavy atom. The van der Waals surface area contributed by atoms with Crippen LogP contribution in [0.1, 0.15) is 37.0 Å². The van der Waals surface area contributed by atoms with Crippen molar-refractivity contribution < 1.29 is 41.7 Å². The summed E-state index contributed by atoms with van der Waals surface area (Å²) in [5.41, 5.74) is 11.3. The molecular formula is C19H24FN11O9P2S2. The zero-order valence-electron chi connectivity index (χ0n) is 22.1. The number of nitrogens with one attached hydrogen (secondary N) is 1. The quantitative estimate of drug-likeness (QED) is 0.207. The highest BCUT2D eigenvalue weighted by molar-refractivity contribution is 8.07. The number of nitrogens with zero attached hydrogens (tertiary/aromatic N) is 8. The summed E-state index contributed by atoms with van der Waals surface area (Å²) in [7, 11) is 0. The van der Waals surface area contributed by atoms with Gasteiger partial charge in [-0.15, -0.1) is 10.2 Å². The Labute approximate surface area is 255 Å². The summed E-state index contributed by atoms with van der Waals surface area (Å²) < 4.78 is 52.6. The van der Waals surface area contributed by atoms with Crippen molar-refractivity contribution in [3.05, 3.63) is 16.0 Å². The number of rotatable bonds is 2. The second-order valence-corrected chi connectivity index (χ2v) is 15.8. The third-order valence-corrected chi connectivity index (χ3v) is 10.4. The number of ether oxygens (including phenoxy) is 2. The van der Waals surface area contributed by atoms with Crippen molar-refractivity contribution in [1.29, 1.82) is 0 Å². The SMILES string of the molecule is Nc1nc2c(nnn2[C@@H]2O[C@@H]3COP(O)(=S)O[C@H]4[C@H](F)[C@H](n5nnc6c5N=CCC6N)O[C@@H]4COP(O)(=S)O[C@@H]2C3)c(=O)[nH]1. The highest BCUT2D eigenvalue weighted by Crippen LogP contribution is 2.54. The molecule has 0 amide bonds. The number of fused-ring (bicyclic) bond motifs is 5. The van der Waals surface area contributed by atoms with Gasteiger partial charge in [-0.2, -0.15) is 14.3 Å². The van der Waals surface area contributed by atoms with E-state index in [9.17, 15) is 14.6 Å². The van der Waals surface area contributed by atoms with Crippen molar-refractivity contribution in [2.24, 2.45) is 10.7 Å². The van der Waals surface area contributed by atoms with E-state index in [4.69, 9.17) is 62.6 Å². The third kappa shape index (κ3) is 5.55. The van der Waals surface area contributed by atoms with Crippen molar-refractivity contribution >= 4 is 66.2 Å². The molecule has 0 aliphatic carbocycles. The number of hydrogen-bond donors (Lipinski definition) is 5. The van der Waals surface area contributed by atoms with Crippen LogP contribution in [0, 0.1) is 0 Å². The zero-order valence-corrected chi connectivity index (χ0v) is 25.5. The molecule has 25 heteroatoms. The van der Waals surface area contributed by atoms with Gasteiger partial charge in [-0.05, 0) is 23.6 Å². The lowest BCUT2D eigenvalue weighted by molar-refractivity contribution is -0.0653. The van der Waals surface area contributed by atoms with E-state index in [1.807, 2.05) is 0 Å². The fraction of sp³-hybridized carbons (Fsp3) is 0.632. The van der Waals surface area contributed by atoms with Crippen LogP contribution in [0.15, 0.2) is 9.79 Å². The molecule has 20 nitrogen and oxygen atoms in total. The Kier molecular flexibility index (Phi) is 7.76. The molecule has 44 heavy (non-hydrogen) atoms. The van der Waals surface area contributed by atoms with Gasteiger partial charge >= 0.3 is 13.4 Å². The van der Waals surface area contributed by atoms with Crippen LogP contribution in [-0.2, 0) is 51.2 Å². The summed E-state index contributed by atoms with van der Waals surface area (Å²) in [5, 5.41) is 15.8. The van der Waals surface area contributed by atoms with Gasteiger partial charge in [0.15, 0.2) is 35.6 Å². The summed E-state index contributed by atoms with van der Waals surface area (Å²) in [6, 6.07) is -0.493. The third-order valence-electron chi connectivity index (χ3n) is 7.22. The number of halogens is 1. The van der Waals surface area contributed by atoms with Crippen LogP contribution in [0.25, 0.3) is 11.2 Å². The summed E-state index contributed by atoms with van der Waals surface area (Å²) >= 11 is 10.5. The molecule has 0 radical (unpaired) electrons. The minimum Gasteiger partial charge on any atom is -0.369 e. The molecule has 3 aromatic heterocycles. The van der Waals surface area contributed by atoms with E-state index in [1.54, 1.807) is 6.21 Å². The van der Waals surface area contributed by atoms with E-state index in [0.29, 0.717) is 12.1 Å². The van der Waals surface area contributed by atoms with Gasteiger partial charge in [-0.1, -0.05) is 10.4 Å². The van der Waals surface area contributed by atoms with Crippen LogP contribution >= 0.6 is 13.4 Å². The van der Waals surface area contributed by atoms with Crippen molar-refractivity contribution in [3.63, 3.8) is 0 Å². The number of aliphatic imine (C=N–C) groups is 1. The second-order valence-electron chi connectivity index (χ2n) is 10.2. The van der Waals surface area contributed by atoms with Gasteiger partial charge in [0.25, 0.3) is 5.56 Å². The van der Waals surface area contributed by atoms with Gasteiger partial charge in [0.05, 0.1) is 25.4 Å². The topological polar surface area (TPSA) is 267 Å². The molecule has 2 bridgehead atoms. The van der Waals surface area contributed by atoms with E-state index in [2.05, 4.69) is 35.6 Å². The van der Waals surface area contributed by atoms with Crippen LogP contribution in [-0.4, -0.2) is 99.8 Å². The maximum atomic E-state index is 16.0. The minimum absolute atomic E-state index is 0.0273. The number of anilines is 1. The van der Waals surface area contributed by atoms with Crippen molar-refractivity contribution in [3.8, 4) is 0 Å². The molecule has 4 aliphatic heterocycles. The number of alkyl halides is 1. The predicted octanol–water partition coefficient (Wildman–Crippen LogP) is -0.732. The standard InChI is InChI=1S/C19H24FN11O9P2S2/c20-10-13-9(38-18(10)30-14-11(26-28-30)7(21)1-2-23-14)5-36-41(33,43)39-8-3-6(4-35-42(34,44)40-13)37-17(8)31-15-12(27-29-31)16(32)25-19(22)24-15/h2,6-10,13,17-18H,1,3-5,21H2,(H,33,43)(H,34,44)(H3,22,24,25,32)/t6-,7?,8+,9+,10-,13+,17+,18+,41?,42?/m0/s1. The first-order valence-corrected chi connectivity index (χ1v) is 18.2. The van der Waals surface area contributed by atoms with Crippen LogP contribution in [0.4, 0.5) is 16.2 Å². The van der Waals surface area contributed by atoms with Gasteiger partial charge in [-0.3, -0.25) is 14.3 Å². The normalized spacial score (nSPS) is 39.4. The van der Waals surface area contributed by atoms with Gasteiger partial charge in [0.1, 0.15) is 24.0 Å². The predicted molar refractivity (Wildman–Crippen MR) is 152 cm³/mol. The van der Waals surface area contributed by atoms with Crippen molar-refractivity contribution in [2.75, 3.05) is 18.9 Å². The van der Waals surface area contributed by atoms with E-state index in [0.717, 1.165) is 9.36 Å². The Morgan fingerprint density at radius 3 is 2.61 bits per heavy atom. The van der Waals surface area contributed by atoms with Crippen LogP contribution < -0.4 is 17.0 Å². The molecule has 3 saturated heterocycles. The highest BCUT2D eigenvalue weighted by Gasteiger charge is 2.52. The first-order chi connectivity index (χ1) is 20.9. The largest absolute Gasteiger partial charge is 0.369 e.